The molecule has 0 unspecified atom stereocenters. The van der Waals surface area contributed by atoms with E-state index >= 15 is 0 Å². The molecule has 1 saturated heterocycles. The number of nitrogen functional groups attached to an aromatic ring is 1. The fraction of sp³-hybridized carbons (Fsp3) is 0.381. The smallest absolute Gasteiger partial charge is 0.228 e. The van der Waals surface area contributed by atoms with Gasteiger partial charge in [-0.05, 0) is 30.2 Å². The fourth-order valence-electron chi connectivity index (χ4n) is 3.63. The van der Waals surface area contributed by atoms with Gasteiger partial charge in [-0.2, -0.15) is 0 Å². The van der Waals surface area contributed by atoms with Crippen LogP contribution in [0.3, 0.4) is 0 Å². The summed E-state index contributed by atoms with van der Waals surface area (Å²) in [4.78, 5) is 16.0. The molecule has 3 aromatic rings. The van der Waals surface area contributed by atoms with Crippen molar-refractivity contribution in [2.45, 2.75) is 13.8 Å². The van der Waals surface area contributed by atoms with Crippen LogP contribution in [0.15, 0.2) is 36.7 Å². The van der Waals surface area contributed by atoms with Crippen molar-refractivity contribution in [3.8, 4) is 0 Å². The Labute approximate surface area is 176 Å². The number of aromatic nitrogens is 3. The lowest BCUT2D eigenvalue weighted by molar-refractivity contribution is 0.589. The lowest BCUT2D eigenvalue weighted by Crippen LogP contribution is -2.43. The molecule has 1 fully saturated rings. The Morgan fingerprint density at radius 1 is 1.13 bits per heavy atom. The number of anilines is 5. The Kier molecular flexibility index (Phi) is 5.82. The number of benzene rings is 1. The second-order valence-electron chi connectivity index (χ2n) is 7.94. The topological polar surface area (TPSA) is 121 Å². The summed E-state index contributed by atoms with van der Waals surface area (Å²) in [5.74, 6) is 7.83. The molecule has 158 valence electrons. The van der Waals surface area contributed by atoms with Gasteiger partial charge < -0.3 is 26.3 Å². The molecule has 0 bridgehead atoms. The number of pyridine rings is 1. The highest BCUT2D eigenvalue weighted by Gasteiger charge is 2.15. The molecule has 0 atom stereocenters. The van der Waals surface area contributed by atoms with E-state index in [4.69, 9.17) is 11.6 Å². The van der Waals surface area contributed by atoms with E-state index in [1.165, 1.54) is 0 Å². The Morgan fingerprint density at radius 3 is 2.63 bits per heavy atom. The third kappa shape index (κ3) is 4.37. The largest absolute Gasteiger partial charge is 0.397 e. The van der Waals surface area contributed by atoms with E-state index in [0.717, 1.165) is 37.3 Å². The minimum Gasteiger partial charge on any atom is -0.397 e. The van der Waals surface area contributed by atoms with E-state index in [1.54, 1.807) is 11.2 Å². The van der Waals surface area contributed by atoms with Crippen molar-refractivity contribution in [3.63, 3.8) is 0 Å². The maximum absolute atomic E-state index is 6.30. The highest BCUT2D eigenvalue weighted by molar-refractivity contribution is 5.97. The maximum Gasteiger partial charge on any atom is 0.228 e. The van der Waals surface area contributed by atoms with Crippen LogP contribution in [0.1, 0.15) is 13.8 Å². The van der Waals surface area contributed by atoms with E-state index in [-0.39, 0.29) is 0 Å². The predicted molar refractivity (Wildman–Crippen MR) is 123 cm³/mol. The van der Waals surface area contributed by atoms with Gasteiger partial charge in [0.15, 0.2) is 0 Å². The predicted octanol–water partition coefficient (Wildman–Crippen LogP) is 2.10. The van der Waals surface area contributed by atoms with Crippen molar-refractivity contribution in [2.75, 3.05) is 53.7 Å². The third-order valence-corrected chi connectivity index (χ3v) is 5.08. The summed E-state index contributed by atoms with van der Waals surface area (Å²) in [6, 6.07) is 7.75. The first-order chi connectivity index (χ1) is 14.5. The van der Waals surface area contributed by atoms with E-state index in [9.17, 15) is 0 Å². The van der Waals surface area contributed by atoms with Gasteiger partial charge >= 0.3 is 0 Å². The number of nitrogens with one attached hydrogen (secondary N) is 2. The molecule has 9 heteroatoms. The summed E-state index contributed by atoms with van der Waals surface area (Å²) in [5.41, 5.74) is 9.37. The molecule has 0 radical (unpaired) electrons. The van der Waals surface area contributed by atoms with Crippen LogP contribution in [-0.4, -0.2) is 47.7 Å². The van der Waals surface area contributed by atoms with Crippen molar-refractivity contribution in [3.05, 3.63) is 36.7 Å². The number of piperazine rings is 1. The van der Waals surface area contributed by atoms with E-state index < -0.39 is 0 Å². The summed E-state index contributed by atoms with van der Waals surface area (Å²) >= 11 is 0. The molecule has 30 heavy (non-hydrogen) atoms. The van der Waals surface area contributed by atoms with E-state index in [0.29, 0.717) is 41.1 Å². The van der Waals surface area contributed by atoms with Gasteiger partial charge in [0.2, 0.25) is 5.95 Å². The normalized spacial score (nSPS) is 14.3. The van der Waals surface area contributed by atoms with Gasteiger partial charge in [0, 0.05) is 44.3 Å². The number of rotatable bonds is 6. The van der Waals surface area contributed by atoms with Gasteiger partial charge in [-0.3, -0.25) is 0 Å². The van der Waals surface area contributed by atoms with Gasteiger partial charge in [-0.25, -0.2) is 20.8 Å². The second-order valence-corrected chi connectivity index (χ2v) is 7.94. The van der Waals surface area contributed by atoms with Crippen LogP contribution >= 0.6 is 0 Å². The number of hydrazine groups is 1. The zero-order valence-electron chi connectivity index (χ0n) is 17.5. The lowest BCUT2D eigenvalue weighted by atomic mass is 10.1. The molecule has 0 aliphatic carbocycles. The number of hydrogen-bond donors (Lipinski definition) is 4. The minimum absolute atomic E-state index is 0.391. The number of nitrogens with two attached hydrogens (primary N) is 2. The van der Waals surface area contributed by atoms with Gasteiger partial charge in [0.1, 0.15) is 17.0 Å². The van der Waals surface area contributed by atoms with Gasteiger partial charge in [0.05, 0.1) is 17.6 Å². The first-order valence-electron chi connectivity index (χ1n) is 10.3. The van der Waals surface area contributed by atoms with Crippen molar-refractivity contribution >= 4 is 39.7 Å². The Hall–Kier alpha value is -3.17. The highest BCUT2D eigenvalue weighted by Crippen LogP contribution is 2.31. The molecule has 0 amide bonds. The fourth-order valence-corrected chi connectivity index (χ4v) is 3.63. The Bertz CT molecular complexity index is 997. The van der Waals surface area contributed by atoms with Crippen molar-refractivity contribution < 1.29 is 0 Å². The molecule has 0 saturated carbocycles. The molecule has 1 aromatic carbocycles. The molecule has 2 aromatic heterocycles. The minimum atomic E-state index is 0.391. The van der Waals surface area contributed by atoms with Crippen LogP contribution in [0.4, 0.5) is 28.8 Å². The molecule has 3 heterocycles. The van der Waals surface area contributed by atoms with Gasteiger partial charge in [0.25, 0.3) is 0 Å². The first-order valence-corrected chi connectivity index (χ1v) is 10.3. The number of fused-ring (bicyclic) bond motifs is 1. The van der Waals surface area contributed by atoms with Gasteiger partial charge in [-0.1, -0.05) is 13.8 Å². The zero-order valence-corrected chi connectivity index (χ0v) is 17.5. The number of hydrogen-bond acceptors (Lipinski definition) is 9. The molecule has 6 N–H and O–H groups in total. The molecule has 9 nitrogen and oxygen atoms in total. The maximum atomic E-state index is 6.30. The van der Waals surface area contributed by atoms with E-state index in [1.807, 2.05) is 24.4 Å². The zero-order chi connectivity index (χ0) is 21.1. The SMILES string of the molecule is CC(C)CN(N)c1c(N)ccc2cnc(Nc3ccc(N4CCNCC4)cn3)nc12. The summed E-state index contributed by atoms with van der Waals surface area (Å²) in [7, 11) is 0. The second kappa shape index (κ2) is 8.68. The summed E-state index contributed by atoms with van der Waals surface area (Å²) in [6.45, 7) is 8.84. The van der Waals surface area contributed by atoms with Crippen LogP contribution in [0, 0.1) is 5.92 Å². The van der Waals surface area contributed by atoms with Crippen LogP contribution < -0.4 is 32.1 Å². The summed E-state index contributed by atoms with van der Waals surface area (Å²) < 4.78 is 0. The highest BCUT2D eigenvalue weighted by atomic mass is 15.4. The Morgan fingerprint density at radius 2 is 1.93 bits per heavy atom. The molecule has 4 rings (SSSR count). The summed E-state index contributed by atoms with van der Waals surface area (Å²) in [6.07, 6.45) is 3.65. The van der Waals surface area contributed by atoms with Crippen LogP contribution in [0.5, 0.6) is 0 Å². The van der Waals surface area contributed by atoms with Crippen LogP contribution in [0.25, 0.3) is 10.9 Å². The van der Waals surface area contributed by atoms with Crippen molar-refractivity contribution in [1.29, 1.82) is 0 Å². The molecular weight excluding hydrogens is 378 g/mol. The average molecular weight is 408 g/mol. The number of nitrogens with zero attached hydrogens (tertiary/aromatic N) is 5. The molecular formula is C21H29N9. The molecule has 0 spiro atoms. The lowest BCUT2D eigenvalue weighted by Gasteiger charge is -2.29. The van der Waals surface area contributed by atoms with Gasteiger partial charge in [-0.15, -0.1) is 0 Å². The first kappa shape index (κ1) is 20.1. The van der Waals surface area contributed by atoms with Crippen molar-refractivity contribution in [2.24, 2.45) is 11.8 Å². The standard InChI is InChI=1S/C21H29N9/c1-14(2)13-30(23)20-17(22)5-3-15-11-26-21(28-19(15)20)27-18-6-4-16(12-25-18)29-9-7-24-8-10-29/h3-6,11-12,14,24H,7-10,13,22-23H2,1-2H3,(H,25,26,27,28). The quantitative estimate of drug-likeness (QED) is 0.276. The average Bonchev–Trinajstić information content (AvgIpc) is 2.74. The third-order valence-electron chi connectivity index (χ3n) is 5.08. The molecule has 1 aliphatic rings. The monoisotopic (exact) mass is 407 g/mol. The van der Waals surface area contributed by atoms with Crippen LogP contribution in [0.2, 0.25) is 0 Å². The Balaban J connectivity index is 1.58. The van der Waals surface area contributed by atoms with Crippen LogP contribution in [-0.2, 0) is 0 Å². The van der Waals surface area contributed by atoms with Crippen molar-refractivity contribution in [1.82, 2.24) is 20.3 Å². The molecule has 1 aliphatic heterocycles. The van der Waals surface area contributed by atoms with E-state index in [2.05, 4.69) is 50.4 Å². The summed E-state index contributed by atoms with van der Waals surface area (Å²) in [5, 5.41) is 9.09.